The second-order valence-electron chi connectivity index (χ2n) is 7.24. The average molecular weight is 488 g/mol. The van der Waals surface area contributed by atoms with Crippen molar-refractivity contribution < 1.29 is 14.3 Å². The van der Waals surface area contributed by atoms with Crippen molar-refractivity contribution in [3.63, 3.8) is 0 Å². The van der Waals surface area contributed by atoms with Gasteiger partial charge in [-0.25, -0.2) is 4.79 Å². The van der Waals surface area contributed by atoms with Crippen LogP contribution in [-0.2, 0) is 16.6 Å². The summed E-state index contributed by atoms with van der Waals surface area (Å²) in [5, 5.41) is 12.5. The fourth-order valence-corrected chi connectivity index (χ4v) is 4.99. The first-order valence-electron chi connectivity index (χ1n) is 10.8. The van der Waals surface area contributed by atoms with Crippen molar-refractivity contribution in [1.29, 1.82) is 0 Å². The molecule has 0 radical (unpaired) electrons. The minimum Gasteiger partial charge on any atom is -0.462 e. The van der Waals surface area contributed by atoms with Crippen molar-refractivity contribution in [2.45, 2.75) is 32.9 Å². The van der Waals surface area contributed by atoms with Gasteiger partial charge in [0.25, 0.3) is 0 Å². The Kier molecular flexibility index (Phi) is 8.51. The van der Waals surface area contributed by atoms with Crippen LogP contribution >= 0.6 is 23.1 Å². The van der Waals surface area contributed by atoms with Crippen molar-refractivity contribution in [2.75, 3.05) is 35.7 Å². The van der Waals surface area contributed by atoms with Gasteiger partial charge in [-0.1, -0.05) is 11.8 Å². The van der Waals surface area contributed by atoms with E-state index in [1.165, 1.54) is 28.8 Å². The van der Waals surface area contributed by atoms with Gasteiger partial charge in [-0.2, -0.15) is 0 Å². The van der Waals surface area contributed by atoms with E-state index in [4.69, 9.17) is 4.74 Å². The van der Waals surface area contributed by atoms with Gasteiger partial charge in [0.1, 0.15) is 5.00 Å². The maximum absolute atomic E-state index is 12.5. The maximum Gasteiger partial charge on any atom is 0.341 e. The molecule has 0 spiro atoms. The van der Waals surface area contributed by atoms with Crippen molar-refractivity contribution in [1.82, 2.24) is 14.8 Å². The molecule has 0 aliphatic rings. The summed E-state index contributed by atoms with van der Waals surface area (Å²) in [7, 11) is 1.88. The lowest BCUT2D eigenvalue weighted by Gasteiger charge is -2.21. The zero-order chi connectivity index (χ0) is 24.0. The average Bonchev–Trinajstić information content (AvgIpc) is 3.35. The van der Waals surface area contributed by atoms with E-state index in [0.29, 0.717) is 15.7 Å². The molecule has 0 unspecified atom stereocenters. The fourth-order valence-electron chi connectivity index (χ4n) is 3.36. The van der Waals surface area contributed by atoms with Crippen LogP contribution in [-0.4, -0.2) is 52.1 Å². The van der Waals surface area contributed by atoms with Gasteiger partial charge in [0.15, 0.2) is 11.0 Å². The number of thioether (sulfide) groups is 1. The predicted octanol–water partition coefficient (Wildman–Crippen LogP) is 4.61. The van der Waals surface area contributed by atoms with Gasteiger partial charge < -0.3 is 19.5 Å². The van der Waals surface area contributed by atoms with Crippen molar-refractivity contribution in [3.8, 4) is 11.4 Å². The molecule has 33 heavy (non-hydrogen) atoms. The Morgan fingerprint density at radius 3 is 2.48 bits per heavy atom. The predicted molar refractivity (Wildman–Crippen MR) is 134 cm³/mol. The number of carbonyl (C=O) groups excluding carboxylic acids is 2. The molecule has 2 heterocycles. The number of aromatic nitrogens is 3. The van der Waals surface area contributed by atoms with E-state index in [9.17, 15) is 9.59 Å². The van der Waals surface area contributed by atoms with Crippen LogP contribution in [0.3, 0.4) is 0 Å². The highest BCUT2D eigenvalue weighted by molar-refractivity contribution is 7.99. The molecule has 1 aromatic carbocycles. The van der Waals surface area contributed by atoms with E-state index in [0.717, 1.165) is 29.4 Å². The van der Waals surface area contributed by atoms with Crippen LogP contribution in [0.2, 0.25) is 0 Å². The second kappa shape index (κ2) is 11.3. The van der Waals surface area contributed by atoms with E-state index in [-0.39, 0.29) is 18.3 Å². The molecular formula is C23H29N5O3S2. The lowest BCUT2D eigenvalue weighted by molar-refractivity contribution is -0.113. The molecule has 0 aliphatic carbocycles. The normalized spacial score (nSPS) is 10.8. The molecule has 0 saturated carbocycles. The molecule has 0 fully saturated rings. The molecule has 3 rings (SSSR count). The number of carbonyl (C=O) groups is 2. The largest absolute Gasteiger partial charge is 0.462 e. The van der Waals surface area contributed by atoms with Gasteiger partial charge in [0.05, 0.1) is 17.9 Å². The smallest absolute Gasteiger partial charge is 0.341 e. The summed E-state index contributed by atoms with van der Waals surface area (Å²) >= 11 is 2.64. The number of esters is 1. The van der Waals surface area contributed by atoms with Crippen LogP contribution in [0.15, 0.2) is 35.5 Å². The molecule has 10 heteroatoms. The molecule has 3 aromatic rings. The zero-order valence-corrected chi connectivity index (χ0v) is 21.2. The minimum atomic E-state index is -0.435. The van der Waals surface area contributed by atoms with E-state index >= 15 is 0 Å². The lowest BCUT2D eigenvalue weighted by atomic mass is 10.2. The quantitative estimate of drug-likeness (QED) is 0.330. The first kappa shape index (κ1) is 24.8. The summed E-state index contributed by atoms with van der Waals surface area (Å²) in [6, 6.07) is 9.97. The van der Waals surface area contributed by atoms with Crippen LogP contribution in [0.1, 0.15) is 36.0 Å². The molecule has 176 valence electrons. The minimum absolute atomic E-state index is 0.145. The Labute approximate surface area is 202 Å². The molecule has 8 nitrogen and oxygen atoms in total. The maximum atomic E-state index is 12.5. The standard InChI is InChI=1S/C23H29N5O3S2/c1-6-28(7-2)17-11-9-16(10-12-17)20-25-26-23(27(20)5)32-14-19(29)24-21-18(13-15(4)33-21)22(30)31-8-3/h9-13H,6-8,14H2,1-5H3,(H,24,29). The number of hydrogen-bond acceptors (Lipinski definition) is 8. The fraction of sp³-hybridized carbons (Fsp3) is 0.391. The summed E-state index contributed by atoms with van der Waals surface area (Å²) in [6.45, 7) is 10.1. The Hall–Kier alpha value is -2.85. The highest BCUT2D eigenvalue weighted by atomic mass is 32.2. The summed E-state index contributed by atoms with van der Waals surface area (Å²) < 4.78 is 6.95. The highest BCUT2D eigenvalue weighted by Gasteiger charge is 2.19. The van der Waals surface area contributed by atoms with Crippen LogP contribution in [0.5, 0.6) is 0 Å². The van der Waals surface area contributed by atoms with Crippen molar-refractivity contribution >= 4 is 45.7 Å². The van der Waals surface area contributed by atoms with Crippen LogP contribution in [0, 0.1) is 6.92 Å². The number of benzene rings is 1. The Bertz CT molecular complexity index is 1100. The lowest BCUT2D eigenvalue weighted by Crippen LogP contribution is -2.21. The van der Waals surface area contributed by atoms with E-state index < -0.39 is 5.97 Å². The highest BCUT2D eigenvalue weighted by Crippen LogP contribution is 2.29. The van der Waals surface area contributed by atoms with Gasteiger partial charge in [-0.3, -0.25) is 4.79 Å². The molecule has 0 bridgehead atoms. The second-order valence-corrected chi connectivity index (χ2v) is 9.44. The van der Waals surface area contributed by atoms with Crippen molar-refractivity contribution in [3.05, 3.63) is 40.8 Å². The van der Waals surface area contributed by atoms with Gasteiger partial charge in [0, 0.05) is 36.3 Å². The Morgan fingerprint density at radius 2 is 1.85 bits per heavy atom. The van der Waals surface area contributed by atoms with Gasteiger partial charge in [0.2, 0.25) is 5.91 Å². The van der Waals surface area contributed by atoms with Crippen LogP contribution in [0.25, 0.3) is 11.4 Å². The Balaban J connectivity index is 1.64. The number of hydrogen-bond donors (Lipinski definition) is 1. The molecule has 0 saturated heterocycles. The molecule has 1 amide bonds. The van der Waals surface area contributed by atoms with E-state index in [1.807, 2.05) is 30.7 Å². The topological polar surface area (TPSA) is 89.3 Å². The third-order valence-corrected chi connectivity index (χ3v) is 7.01. The number of ether oxygens (including phenoxy) is 1. The number of anilines is 2. The van der Waals surface area contributed by atoms with Gasteiger partial charge in [-0.05, 0) is 58.0 Å². The van der Waals surface area contributed by atoms with Crippen LogP contribution in [0.4, 0.5) is 10.7 Å². The third-order valence-electron chi connectivity index (χ3n) is 5.02. The van der Waals surface area contributed by atoms with E-state index in [2.05, 4.69) is 46.4 Å². The number of nitrogens with zero attached hydrogens (tertiary/aromatic N) is 4. The first-order valence-corrected chi connectivity index (χ1v) is 12.6. The number of nitrogens with one attached hydrogen (secondary N) is 1. The number of rotatable bonds is 10. The monoisotopic (exact) mass is 487 g/mol. The molecule has 0 atom stereocenters. The summed E-state index contributed by atoms with van der Waals surface area (Å²) in [5.74, 6) is 0.226. The molecule has 1 N–H and O–H groups in total. The van der Waals surface area contributed by atoms with E-state index in [1.54, 1.807) is 13.0 Å². The van der Waals surface area contributed by atoms with Crippen LogP contribution < -0.4 is 10.2 Å². The SMILES string of the molecule is CCOC(=O)c1cc(C)sc1NC(=O)CSc1nnc(-c2ccc(N(CC)CC)cc2)n1C. The first-order chi connectivity index (χ1) is 15.9. The van der Waals surface area contributed by atoms with Gasteiger partial charge >= 0.3 is 5.97 Å². The third kappa shape index (κ3) is 5.94. The summed E-state index contributed by atoms with van der Waals surface area (Å²) in [6.07, 6.45) is 0. The molecule has 0 aliphatic heterocycles. The Morgan fingerprint density at radius 1 is 1.15 bits per heavy atom. The molecular weight excluding hydrogens is 458 g/mol. The zero-order valence-electron chi connectivity index (χ0n) is 19.5. The number of thiophene rings is 1. The van der Waals surface area contributed by atoms with Crippen molar-refractivity contribution in [2.24, 2.45) is 7.05 Å². The summed E-state index contributed by atoms with van der Waals surface area (Å²) in [5.41, 5.74) is 2.51. The molecule has 2 aromatic heterocycles. The number of amides is 1. The van der Waals surface area contributed by atoms with Gasteiger partial charge in [-0.15, -0.1) is 21.5 Å². The number of aryl methyl sites for hydroxylation is 1. The summed E-state index contributed by atoms with van der Waals surface area (Å²) in [4.78, 5) is 27.9.